The molecule has 0 atom stereocenters. The van der Waals surface area contributed by atoms with E-state index in [0.29, 0.717) is 0 Å². The summed E-state index contributed by atoms with van der Waals surface area (Å²) in [5.74, 6) is 1.72. The maximum atomic E-state index is 5.61. The molecule has 1 saturated carbocycles. The molecule has 1 fully saturated rings. The van der Waals surface area contributed by atoms with Gasteiger partial charge in [0.25, 0.3) is 0 Å². The molecule has 0 radical (unpaired) electrons. The van der Waals surface area contributed by atoms with Crippen LogP contribution in [0.5, 0.6) is 0 Å². The number of rotatable bonds is 10. The SMILES string of the molecule is CCNC(=NCCCOCC1CC1)NCCn1ccnc1. The summed E-state index contributed by atoms with van der Waals surface area (Å²) in [6.07, 6.45) is 9.25. The van der Waals surface area contributed by atoms with Crippen molar-refractivity contribution >= 4 is 5.96 Å². The molecule has 1 aromatic heterocycles. The highest BCUT2D eigenvalue weighted by atomic mass is 16.5. The Labute approximate surface area is 127 Å². The van der Waals surface area contributed by atoms with E-state index in [-0.39, 0.29) is 0 Å². The van der Waals surface area contributed by atoms with E-state index in [1.165, 1.54) is 12.8 Å². The van der Waals surface area contributed by atoms with Gasteiger partial charge in [-0.15, -0.1) is 0 Å². The van der Waals surface area contributed by atoms with Crippen molar-refractivity contribution in [3.63, 3.8) is 0 Å². The van der Waals surface area contributed by atoms with Crippen LogP contribution in [0.15, 0.2) is 23.7 Å². The summed E-state index contributed by atoms with van der Waals surface area (Å²) in [7, 11) is 0. The molecule has 0 aliphatic heterocycles. The monoisotopic (exact) mass is 293 g/mol. The fourth-order valence-corrected chi connectivity index (χ4v) is 1.96. The van der Waals surface area contributed by atoms with Gasteiger partial charge in [-0.05, 0) is 32.1 Å². The van der Waals surface area contributed by atoms with Crippen LogP contribution >= 0.6 is 0 Å². The third-order valence-corrected chi connectivity index (χ3v) is 3.33. The third-order valence-electron chi connectivity index (χ3n) is 3.33. The smallest absolute Gasteiger partial charge is 0.191 e. The van der Waals surface area contributed by atoms with Gasteiger partial charge < -0.3 is 19.9 Å². The van der Waals surface area contributed by atoms with Crippen LogP contribution < -0.4 is 10.6 Å². The molecule has 0 amide bonds. The normalized spacial score (nSPS) is 15.2. The molecule has 0 saturated heterocycles. The highest BCUT2D eigenvalue weighted by Crippen LogP contribution is 2.28. The van der Waals surface area contributed by atoms with Crippen LogP contribution in [0, 0.1) is 5.92 Å². The number of nitrogens with zero attached hydrogens (tertiary/aromatic N) is 3. The molecular weight excluding hydrogens is 266 g/mol. The lowest BCUT2D eigenvalue weighted by atomic mass is 10.4. The Morgan fingerprint density at radius 3 is 3.05 bits per heavy atom. The molecule has 0 bridgehead atoms. The van der Waals surface area contributed by atoms with Crippen LogP contribution in [0.1, 0.15) is 26.2 Å². The molecule has 118 valence electrons. The Morgan fingerprint density at radius 2 is 2.33 bits per heavy atom. The van der Waals surface area contributed by atoms with Crippen molar-refractivity contribution in [3.8, 4) is 0 Å². The predicted octanol–water partition coefficient (Wildman–Crippen LogP) is 1.25. The van der Waals surface area contributed by atoms with Gasteiger partial charge in [-0.25, -0.2) is 4.98 Å². The van der Waals surface area contributed by atoms with Gasteiger partial charge in [-0.3, -0.25) is 4.99 Å². The Kier molecular flexibility index (Phi) is 7.07. The van der Waals surface area contributed by atoms with E-state index in [1.54, 1.807) is 6.20 Å². The molecule has 6 heteroatoms. The van der Waals surface area contributed by atoms with Crippen molar-refractivity contribution in [2.45, 2.75) is 32.7 Å². The average molecular weight is 293 g/mol. The molecular formula is C15H27N5O. The van der Waals surface area contributed by atoms with Crippen LogP contribution in [0.3, 0.4) is 0 Å². The van der Waals surface area contributed by atoms with Crippen LogP contribution in [0.25, 0.3) is 0 Å². The number of guanidine groups is 1. The van der Waals surface area contributed by atoms with Crippen molar-refractivity contribution in [2.24, 2.45) is 10.9 Å². The first kappa shape index (κ1) is 15.8. The van der Waals surface area contributed by atoms with Crippen molar-refractivity contribution in [3.05, 3.63) is 18.7 Å². The quantitative estimate of drug-likeness (QED) is 0.387. The van der Waals surface area contributed by atoms with E-state index < -0.39 is 0 Å². The first-order valence-electron chi connectivity index (χ1n) is 7.94. The zero-order valence-electron chi connectivity index (χ0n) is 12.9. The molecule has 1 heterocycles. The van der Waals surface area contributed by atoms with Gasteiger partial charge in [0.15, 0.2) is 5.96 Å². The Hall–Kier alpha value is -1.56. The van der Waals surface area contributed by atoms with Gasteiger partial charge in [-0.1, -0.05) is 0 Å². The second-order valence-electron chi connectivity index (χ2n) is 5.36. The Balaban J connectivity index is 1.56. The van der Waals surface area contributed by atoms with E-state index >= 15 is 0 Å². The molecule has 1 aromatic rings. The van der Waals surface area contributed by atoms with Gasteiger partial charge in [0, 0.05) is 51.8 Å². The van der Waals surface area contributed by atoms with Gasteiger partial charge >= 0.3 is 0 Å². The van der Waals surface area contributed by atoms with Crippen LogP contribution in [-0.2, 0) is 11.3 Å². The van der Waals surface area contributed by atoms with Gasteiger partial charge in [0.1, 0.15) is 0 Å². The Bertz CT molecular complexity index is 400. The number of hydrogen-bond donors (Lipinski definition) is 2. The summed E-state index contributed by atoms with van der Waals surface area (Å²) in [5.41, 5.74) is 0. The van der Waals surface area contributed by atoms with Gasteiger partial charge in [0.2, 0.25) is 0 Å². The zero-order chi connectivity index (χ0) is 14.8. The minimum absolute atomic E-state index is 0.797. The molecule has 21 heavy (non-hydrogen) atoms. The second kappa shape index (κ2) is 9.39. The minimum atomic E-state index is 0.797. The van der Waals surface area contributed by atoms with Crippen LogP contribution in [-0.4, -0.2) is 48.4 Å². The summed E-state index contributed by atoms with van der Waals surface area (Å²) in [5, 5.41) is 6.58. The third kappa shape index (κ3) is 7.13. The van der Waals surface area contributed by atoms with Crippen LogP contribution in [0.4, 0.5) is 0 Å². The van der Waals surface area contributed by atoms with E-state index in [2.05, 4.69) is 27.5 Å². The van der Waals surface area contributed by atoms with Gasteiger partial charge in [0.05, 0.1) is 6.33 Å². The highest BCUT2D eigenvalue weighted by molar-refractivity contribution is 5.79. The van der Waals surface area contributed by atoms with Gasteiger partial charge in [-0.2, -0.15) is 0 Å². The van der Waals surface area contributed by atoms with E-state index in [4.69, 9.17) is 4.74 Å². The molecule has 0 aromatic carbocycles. The van der Waals surface area contributed by atoms with E-state index in [0.717, 1.165) is 57.7 Å². The number of ether oxygens (including phenoxy) is 1. The second-order valence-corrected chi connectivity index (χ2v) is 5.36. The number of aliphatic imine (C=N–C) groups is 1. The number of hydrogen-bond acceptors (Lipinski definition) is 3. The zero-order valence-corrected chi connectivity index (χ0v) is 12.9. The topological polar surface area (TPSA) is 63.5 Å². The summed E-state index contributed by atoms with van der Waals surface area (Å²) < 4.78 is 7.65. The van der Waals surface area contributed by atoms with Crippen molar-refractivity contribution in [1.29, 1.82) is 0 Å². The molecule has 0 unspecified atom stereocenters. The first-order valence-corrected chi connectivity index (χ1v) is 7.94. The summed E-state index contributed by atoms with van der Waals surface area (Å²) in [6, 6.07) is 0. The summed E-state index contributed by atoms with van der Waals surface area (Å²) >= 11 is 0. The average Bonchev–Trinajstić information content (AvgIpc) is 3.17. The molecule has 2 N–H and O–H groups in total. The highest BCUT2D eigenvalue weighted by Gasteiger charge is 2.20. The molecule has 2 rings (SSSR count). The van der Waals surface area contributed by atoms with Crippen molar-refractivity contribution in [2.75, 3.05) is 32.8 Å². The fourth-order valence-electron chi connectivity index (χ4n) is 1.96. The molecule has 1 aliphatic rings. The lowest BCUT2D eigenvalue weighted by Gasteiger charge is -2.11. The van der Waals surface area contributed by atoms with Crippen molar-refractivity contribution < 1.29 is 4.74 Å². The lowest BCUT2D eigenvalue weighted by Crippen LogP contribution is -2.38. The maximum absolute atomic E-state index is 5.61. The fraction of sp³-hybridized carbons (Fsp3) is 0.733. The number of imidazole rings is 1. The Morgan fingerprint density at radius 1 is 1.43 bits per heavy atom. The largest absolute Gasteiger partial charge is 0.381 e. The number of nitrogens with one attached hydrogen (secondary N) is 2. The standard InChI is InChI=1S/C15H27N5O/c1-2-17-15(19-8-10-20-9-7-16-13-20)18-6-3-11-21-12-14-4-5-14/h7,9,13-14H,2-6,8,10-12H2,1H3,(H2,17,18,19). The van der Waals surface area contributed by atoms with E-state index in [1.807, 2.05) is 17.1 Å². The predicted molar refractivity (Wildman–Crippen MR) is 84.4 cm³/mol. The maximum Gasteiger partial charge on any atom is 0.191 e. The molecule has 6 nitrogen and oxygen atoms in total. The first-order chi connectivity index (χ1) is 10.4. The van der Waals surface area contributed by atoms with Crippen LogP contribution in [0.2, 0.25) is 0 Å². The number of aromatic nitrogens is 2. The van der Waals surface area contributed by atoms with Crippen molar-refractivity contribution in [1.82, 2.24) is 20.2 Å². The lowest BCUT2D eigenvalue weighted by molar-refractivity contribution is 0.123. The summed E-state index contributed by atoms with van der Waals surface area (Å²) in [4.78, 5) is 8.58. The summed E-state index contributed by atoms with van der Waals surface area (Å²) in [6.45, 7) is 7.21. The molecule has 1 aliphatic carbocycles. The molecule has 0 spiro atoms. The van der Waals surface area contributed by atoms with E-state index in [9.17, 15) is 0 Å². The minimum Gasteiger partial charge on any atom is -0.381 e.